The number of ketones is 1. The van der Waals surface area contributed by atoms with Crippen LogP contribution >= 0.6 is 11.6 Å². The van der Waals surface area contributed by atoms with Crippen LogP contribution in [0.25, 0.3) is 0 Å². The van der Waals surface area contributed by atoms with Gasteiger partial charge in [0, 0.05) is 16.7 Å². The SMILES string of the molecule is CC1(C)O[C@@H]2C[C@H]3[C@@H]4CCC5=CC(O)CC[C@]5(C)[C@@]4(F)[C@@H](O)C[C@]3(C)[C@]2(C(=O)CCl)O1. The molecule has 0 amide bonds. The quantitative estimate of drug-likeness (QED) is 0.489. The minimum absolute atomic E-state index is 0.120. The number of carbonyl (C=O) groups excluding carboxylic acids is 1. The van der Waals surface area contributed by atoms with E-state index in [9.17, 15) is 15.0 Å². The number of Topliss-reactive ketones (excluding diaryl/α,β-unsaturated/α-hetero) is 1. The van der Waals surface area contributed by atoms with E-state index in [1.165, 1.54) is 0 Å². The summed E-state index contributed by atoms with van der Waals surface area (Å²) in [7, 11) is 0. The third kappa shape index (κ3) is 2.49. The van der Waals surface area contributed by atoms with Crippen molar-refractivity contribution in [2.45, 2.75) is 102 Å². The van der Waals surface area contributed by atoms with Crippen molar-refractivity contribution in [3.05, 3.63) is 11.6 Å². The molecular formula is C24H34ClFO5. The van der Waals surface area contributed by atoms with Gasteiger partial charge in [-0.2, -0.15) is 0 Å². The number of carbonyl (C=O) groups is 1. The fourth-order valence-corrected chi connectivity index (χ4v) is 8.61. The van der Waals surface area contributed by atoms with Crippen molar-refractivity contribution >= 4 is 17.4 Å². The molecule has 0 aromatic carbocycles. The number of aliphatic hydroxyl groups is 2. The summed E-state index contributed by atoms with van der Waals surface area (Å²) >= 11 is 6.05. The zero-order valence-corrected chi connectivity index (χ0v) is 19.5. The molecule has 0 spiro atoms. The van der Waals surface area contributed by atoms with Crippen LogP contribution in [0.2, 0.25) is 0 Å². The lowest BCUT2D eigenvalue weighted by Gasteiger charge is -2.64. The van der Waals surface area contributed by atoms with Gasteiger partial charge in [-0.15, -0.1) is 11.6 Å². The summed E-state index contributed by atoms with van der Waals surface area (Å²) in [4.78, 5) is 13.3. The van der Waals surface area contributed by atoms with Crippen LogP contribution in [-0.4, -0.2) is 57.2 Å². The molecule has 5 aliphatic rings. The monoisotopic (exact) mass is 456 g/mol. The minimum atomic E-state index is -1.82. The Hall–Kier alpha value is -0.530. The maximum Gasteiger partial charge on any atom is 0.182 e. The molecular weight excluding hydrogens is 423 g/mol. The Morgan fingerprint density at radius 2 is 1.94 bits per heavy atom. The highest BCUT2D eigenvalue weighted by atomic mass is 35.5. The predicted octanol–water partition coefficient (Wildman–Crippen LogP) is 3.68. The number of hydrogen-bond acceptors (Lipinski definition) is 5. The summed E-state index contributed by atoms with van der Waals surface area (Å²) in [6.07, 6.45) is 2.41. The number of fused-ring (bicyclic) bond motifs is 7. The Bertz CT molecular complexity index is 846. The van der Waals surface area contributed by atoms with Crippen LogP contribution in [0.3, 0.4) is 0 Å². The molecule has 31 heavy (non-hydrogen) atoms. The summed E-state index contributed by atoms with van der Waals surface area (Å²) in [5.74, 6) is -1.97. The Labute approximate surface area is 188 Å². The number of aliphatic hydroxyl groups excluding tert-OH is 2. The Kier molecular flexibility index (Phi) is 4.69. The van der Waals surface area contributed by atoms with Crippen LogP contribution in [0.4, 0.5) is 4.39 Å². The fraction of sp³-hybridized carbons (Fsp3) is 0.875. The predicted molar refractivity (Wildman–Crippen MR) is 113 cm³/mol. The highest BCUT2D eigenvalue weighted by molar-refractivity contribution is 6.29. The van der Waals surface area contributed by atoms with Gasteiger partial charge < -0.3 is 19.7 Å². The van der Waals surface area contributed by atoms with Gasteiger partial charge in [0.2, 0.25) is 0 Å². The van der Waals surface area contributed by atoms with E-state index in [4.69, 9.17) is 21.1 Å². The van der Waals surface area contributed by atoms with Gasteiger partial charge in [0.25, 0.3) is 0 Å². The van der Waals surface area contributed by atoms with Gasteiger partial charge >= 0.3 is 0 Å². The minimum Gasteiger partial charge on any atom is -0.390 e. The lowest BCUT2D eigenvalue weighted by Crippen LogP contribution is -2.70. The molecule has 0 radical (unpaired) electrons. The van der Waals surface area contributed by atoms with Crippen LogP contribution < -0.4 is 0 Å². The van der Waals surface area contributed by atoms with Gasteiger partial charge in [-0.3, -0.25) is 4.79 Å². The van der Waals surface area contributed by atoms with Crippen LogP contribution in [-0.2, 0) is 14.3 Å². The number of allylic oxidation sites excluding steroid dienone is 1. The standard InChI is InChI=1S/C24H34ClFO5/c1-20(2)30-19-10-16-15-6-5-13-9-14(27)7-8-21(13,3)23(15,26)17(28)11-22(16,4)24(19,31-20)18(29)12-25/h9,14-17,19,27-28H,5-8,10-12H2,1-4H3/t14?,15-,16-,17-,19+,21-,22-,23-,24+/m0/s1. The molecule has 1 heterocycles. The normalized spacial score (nSPS) is 55.0. The van der Waals surface area contributed by atoms with E-state index in [-0.39, 0.29) is 24.0 Å². The van der Waals surface area contributed by atoms with Gasteiger partial charge in [-0.05, 0) is 58.3 Å². The van der Waals surface area contributed by atoms with E-state index in [0.29, 0.717) is 32.1 Å². The molecule has 0 aromatic heterocycles. The molecule has 0 bridgehead atoms. The Balaban J connectivity index is 1.62. The number of hydrogen-bond donors (Lipinski definition) is 2. The topological polar surface area (TPSA) is 76.0 Å². The highest BCUT2D eigenvalue weighted by Crippen LogP contribution is 2.72. The average molecular weight is 457 g/mol. The zero-order valence-electron chi connectivity index (χ0n) is 18.8. The first-order valence-electron chi connectivity index (χ1n) is 11.6. The molecule has 3 saturated carbocycles. The number of alkyl halides is 2. The van der Waals surface area contributed by atoms with Gasteiger partial charge in [0.1, 0.15) is 5.67 Å². The van der Waals surface area contributed by atoms with Gasteiger partial charge in [0.05, 0.1) is 24.2 Å². The van der Waals surface area contributed by atoms with Crippen molar-refractivity contribution in [3.63, 3.8) is 0 Å². The van der Waals surface area contributed by atoms with Crippen molar-refractivity contribution in [2.75, 3.05) is 5.88 Å². The van der Waals surface area contributed by atoms with E-state index < -0.39 is 52.1 Å². The highest BCUT2D eigenvalue weighted by Gasteiger charge is 2.80. The van der Waals surface area contributed by atoms with Crippen molar-refractivity contribution < 1.29 is 28.9 Å². The molecule has 1 unspecified atom stereocenters. The summed E-state index contributed by atoms with van der Waals surface area (Å²) in [6.45, 7) is 7.46. The Morgan fingerprint density at radius 1 is 1.23 bits per heavy atom. The molecule has 4 fully saturated rings. The fourth-order valence-electron chi connectivity index (χ4n) is 8.42. The molecule has 174 valence electrons. The van der Waals surface area contributed by atoms with Crippen molar-refractivity contribution in [1.82, 2.24) is 0 Å². The number of halogens is 2. The van der Waals surface area contributed by atoms with Crippen molar-refractivity contribution in [3.8, 4) is 0 Å². The van der Waals surface area contributed by atoms with Gasteiger partial charge in [-0.25, -0.2) is 4.39 Å². The maximum absolute atomic E-state index is 17.2. The van der Waals surface area contributed by atoms with E-state index in [1.807, 2.05) is 13.8 Å². The van der Waals surface area contributed by atoms with Crippen molar-refractivity contribution in [1.29, 1.82) is 0 Å². The first kappa shape index (κ1) is 22.3. The van der Waals surface area contributed by atoms with Crippen LogP contribution in [0, 0.1) is 22.7 Å². The van der Waals surface area contributed by atoms with Crippen molar-refractivity contribution in [2.24, 2.45) is 22.7 Å². The zero-order chi connectivity index (χ0) is 22.6. The average Bonchev–Trinajstić information content (AvgIpc) is 3.09. The number of rotatable bonds is 2. The third-order valence-corrected chi connectivity index (χ3v) is 9.94. The molecule has 1 aliphatic heterocycles. The Morgan fingerprint density at radius 3 is 2.61 bits per heavy atom. The first-order valence-corrected chi connectivity index (χ1v) is 12.1. The van der Waals surface area contributed by atoms with Crippen LogP contribution in [0.1, 0.15) is 66.2 Å². The molecule has 5 nitrogen and oxygen atoms in total. The second-order valence-corrected chi connectivity index (χ2v) is 11.7. The molecule has 5 rings (SSSR count). The van der Waals surface area contributed by atoms with E-state index in [1.54, 1.807) is 19.9 Å². The van der Waals surface area contributed by atoms with E-state index in [0.717, 1.165) is 5.57 Å². The molecule has 1 saturated heterocycles. The number of ether oxygens (including phenoxy) is 2. The van der Waals surface area contributed by atoms with E-state index in [2.05, 4.69) is 0 Å². The largest absolute Gasteiger partial charge is 0.390 e. The summed E-state index contributed by atoms with van der Waals surface area (Å²) in [6, 6.07) is 0. The van der Waals surface area contributed by atoms with Gasteiger partial charge in [0.15, 0.2) is 17.2 Å². The second kappa shape index (κ2) is 6.53. The van der Waals surface area contributed by atoms with E-state index >= 15 is 4.39 Å². The molecule has 4 aliphatic carbocycles. The maximum atomic E-state index is 17.2. The molecule has 2 N–H and O–H groups in total. The lowest BCUT2D eigenvalue weighted by molar-refractivity contribution is -0.251. The smallest absolute Gasteiger partial charge is 0.182 e. The van der Waals surface area contributed by atoms with Crippen LogP contribution in [0.5, 0.6) is 0 Å². The lowest BCUT2D eigenvalue weighted by atomic mass is 9.43. The molecule has 9 atom stereocenters. The summed E-state index contributed by atoms with van der Waals surface area (Å²) in [5.41, 5.74) is -3.77. The molecule has 0 aromatic rings. The van der Waals surface area contributed by atoms with Crippen LogP contribution in [0.15, 0.2) is 11.6 Å². The second-order valence-electron chi connectivity index (χ2n) is 11.4. The third-order valence-electron chi connectivity index (χ3n) is 9.70. The summed E-state index contributed by atoms with van der Waals surface area (Å²) < 4.78 is 29.8. The molecule has 7 heteroatoms. The van der Waals surface area contributed by atoms with Gasteiger partial charge in [-0.1, -0.05) is 25.5 Å². The summed E-state index contributed by atoms with van der Waals surface area (Å²) in [5, 5.41) is 21.6. The first-order chi connectivity index (χ1) is 14.4.